The summed E-state index contributed by atoms with van der Waals surface area (Å²) in [5.41, 5.74) is 1.36. The topological polar surface area (TPSA) is 85.7 Å². The van der Waals surface area contributed by atoms with Crippen molar-refractivity contribution in [2.75, 3.05) is 20.3 Å². The number of esters is 1. The number of nitrogens with zero attached hydrogens (tertiary/aromatic N) is 2. The minimum absolute atomic E-state index is 0.0577. The normalized spacial score (nSPS) is 17.3. The molecule has 144 valence electrons. The molecule has 1 aliphatic heterocycles. The van der Waals surface area contributed by atoms with Gasteiger partial charge in [-0.25, -0.2) is 9.07 Å². The molecule has 1 N–H and O–H groups in total. The largest absolute Gasteiger partial charge is 0.469 e. The van der Waals surface area contributed by atoms with Crippen LogP contribution in [-0.4, -0.2) is 47.8 Å². The fourth-order valence-corrected chi connectivity index (χ4v) is 3.08. The highest BCUT2D eigenvalue weighted by atomic mass is 19.1. The van der Waals surface area contributed by atoms with Gasteiger partial charge in [0, 0.05) is 12.3 Å². The Morgan fingerprint density at radius 1 is 1.41 bits per heavy atom. The highest BCUT2D eigenvalue weighted by Crippen LogP contribution is 2.14. The molecule has 1 aromatic heterocycles. The Kier molecular flexibility index (Phi) is 5.85. The van der Waals surface area contributed by atoms with Gasteiger partial charge in [-0.3, -0.25) is 19.7 Å². The minimum atomic E-state index is -0.476. The van der Waals surface area contributed by atoms with Gasteiger partial charge in [0.2, 0.25) is 0 Å². The molecular weight excluding hydrogens is 353 g/mol. The van der Waals surface area contributed by atoms with E-state index in [1.165, 1.54) is 36.1 Å². The van der Waals surface area contributed by atoms with Crippen LogP contribution in [0.15, 0.2) is 34.1 Å². The van der Waals surface area contributed by atoms with Gasteiger partial charge >= 0.3 is 5.97 Å². The molecule has 0 bridgehead atoms. The Hall–Kier alpha value is -2.74. The smallest absolute Gasteiger partial charge is 0.311 e. The molecule has 7 nitrogen and oxygen atoms in total. The van der Waals surface area contributed by atoms with Crippen LogP contribution in [0.25, 0.3) is 5.69 Å². The van der Waals surface area contributed by atoms with E-state index in [4.69, 9.17) is 9.47 Å². The average molecular weight is 375 g/mol. The summed E-state index contributed by atoms with van der Waals surface area (Å²) in [6.07, 6.45) is 1.91. The van der Waals surface area contributed by atoms with E-state index in [9.17, 15) is 14.0 Å². The number of hydrogen-bond donors (Lipinski definition) is 1. The third kappa shape index (κ3) is 4.33. The second-order valence-electron chi connectivity index (χ2n) is 6.40. The summed E-state index contributed by atoms with van der Waals surface area (Å²) in [4.78, 5) is 29.2. The van der Waals surface area contributed by atoms with Gasteiger partial charge in [0.25, 0.3) is 5.56 Å². The van der Waals surface area contributed by atoms with Gasteiger partial charge in [-0.05, 0) is 44.0 Å². The number of aliphatic imine (C=N–C) groups is 1. The van der Waals surface area contributed by atoms with Crippen LogP contribution in [0.4, 0.5) is 4.39 Å². The van der Waals surface area contributed by atoms with Crippen molar-refractivity contribution in [1.82, 2.24) is 9.78 Å². The molecule has 0 spiro atoms. The van der Waals surface area contributed by atoms with Gasteiger partial charge in [0.15, 0.2) is 0 Å². The summed E-state index contributed by atoms with van der Waals surface area (Å²) in [6.45, 7) is 2.92. The van der Waals surface area contributed by atoms with Crippen molar-refractivity contribution in [3.63, 3.8) is 0 Å². The lowest BCUT2D eigenvalue weighted by Gasteiger charge is -2.06. The summed E-state index contributed by atoms with van der Waals surface area (Å²) < 4.78 is 24.7. The van der Waals surface area contributed by atoms with Gasteiger partial charge in [-0.1, -0.05) is 0 Å². The van der Waals surface area contributed by atoms with Crippen molar-refractivity contribution in [1.29, 1.82) is 0 Å². The van der Waals surface area contributed by atoms with Crippen molar-refractivity contribution in [3.05, 3.63) is 51.7 Å². The second kappa shape index (κ2) is 8.30. The minimum Gasteiger partial charge on any atom is -0.469 e. The highest BCUT2D eigenvalue weighted by Gasteiger charge is 2.21. The predicted octanol–water partition coefficient (Wildman–Crippen LogP) is 2.01. The number of rotatable bonds is 6. The molecule has 1 atom stereocenters. The molecule has 27 heavy (non-hydrogen) atoms. The molecule has 0 amide bonds. The molecule has 3 rings (SSSR count). The number of methoxy groups -OCH3 is 1. The van der Waals surface area contributed by atoms with Gasteiger partial charge in [-0.15, -0.1) is 0 Å². The van der Waals surface area contributed by atoms with E-state index in [2.05, 4.69) is 10.1 Å². The molecule has 1 fully saturated rings. The summed E-state index contributed by atoms with van der Waals surface area (Å²) >= 11 is 0. The Bertz CT molecular complexity index is 893. The number of aromatic amines is 1. The van der Waals surface area contributed by atoms with E-state index in [0.717, 1.165) is 19.4 Å². The second-order valence-corrected chi connectivity index (χ2v) is 6.40. The lowest BCUT2D eigenvalue weighted by Crippen LogP contribution is -2.21. The van der Waals surface area contributed by atoms with Crippen molar-refractivity contribution in [2.24, 2.45) is 4.99 Å². The SMILES string of the molecule is COC(=O)Cc1[nH]n(-c2ccc(F)cc2)c(=O)c1C(C)=NCC1CCCO1. The number of H-pyrrole nitrogens is 1. The van der Waals surface area contributed by atoms with Crippen molar-refractivity contribution in [3.8, 4) is 5.69 Å². The van der Waals surface area contributed by atoms with Crippen LogP contribution in [0.3, 0.4) is 0 Å². The molecule has 2 aromatic rings. The Morgan fingerprint density at radius 3 is 2.78 bits per heavy atom. The van der Waals surface area contributed by atoms with E-state index in [1.807, 2.05) is 0 Å². The molecule has 0 saturated carbocycles. The van der Waals surface area contributed by atoms with E-state index < -0.39 is 11.8 Å². The summed E-state index contributed by atoms with van der Waals surface area (Å²) in [5.74, 6) is -0.877. The lowest BCUT2D eigenvalue weighted by atomic mass is 10.1. The van der Waals surface area contributed by atoms with Gasteiger partial charge in [0.1, 0.15) is 5.82 Å². The van der Waals surface area contributed by atoms with Crippen LogP contribution in [0, 0.1) is 5.82 Å². The standard InChI is InChI=1S/C19H22FN3O4/c1-12(21-11-15-4-3-9-27-15)18-16(10-17(24)26-2)22-23(19(18)25)14-7-5-13(20)6-8-14/h5-8,15,22H,3-4,9-11H2,1-2H3. The third-order valence-corrected chi connectivity index (χ3v) is 4.52. The van der Waals surface area contributed by atoms with E-state index in [0.29, 0.717) is 29.2 Å². The van der Waals surface area contributed by atoms with Crippen LogP contribution in [0.5, 0.6) is 0 Å². The van der Waals surface area contributed by atoms with Gasteiger partial charge < -0.3 is 9.47 Å². The molecule has 1 aliphatic rings. The zero-order chi connectivity index (χ0) is 19.4. The molecule has 2 heterocycles. The first-order valence-electron chi connectivity index (χ1n) is 8.79. The molecule has 1 aromatic carbocycles. The van der Waals surface area contributed by atoms with Crippen LogP contribution >= 0.6 is 0 Å². The Labute approximate surface area is 155 Å². The molecule has 1 unspecified atom stereocenters. The fourth-order valence-electron chi connectivity index (χ4n) is 3.08. The summed E-state index contributed by atoms with van der Waals surface area (Å²) in [6, 6.07) is 5.50. The molecule has 1 saturated heterocycles. The first-order valence-corrected chi connectivity index (χ1v) is 8.79. The predicted molar refractivity (Wildman–Crippen MR) is 98.1 cm³/mol. The lowest BCUT2D eigenvalue weighted by molar-refractivity contribution is -0.139. The quantitative estimate of drug-likeness (QED) is 0.618. The number of halogens is 1. The fraction of sp³-hybridized carbons (Fsp3) is 0.421. The van der Waals surface area contributed by atoms with Crippen LogP contribution in [-0.2, 0) is 20.7 Å². The van der Waals surface area contributed by atoms with Crippen LogP contribution in [0.1, 0.15) is 31.0 Å². The highest BCUT2D eigenvalue weighted by molar-refractivity contribution is 6.00. The number of benzene rings is 1. The van der Waals surface area contributed by atoms with E-state index in [1.54, 1.807) is 6.92 Å². The number of aromatic nitrogens is 2. The molecule has 0 aliphatic carbocycles. The first kappa shape index (κ1) is 19.0. The molecule has 0 radical (unpaired) electrons. The number of hydrogen-bond acceptors (Lipinski definition) is 5. The van der Waals surface area contributed by atoms with E-state index >= 15 is 0 Å². The van der Waals surface area contributed by atoms with Gasteiger partial charge in [0.05, 0.1) is 43.1 Å². The zero-order valence-corrected chi connectivity index (χ0v) is 15.3. The van der Waals surface area contributed by atoms with Gasteiger partial charge in [-0.2, -0.15) is 0 Å². The maximum atomic E-state index is 13.2. The first-order chi connectivity index (χ1) is 13.0. The van der Waals surface area contributed by atoms with Crippen molar-refractivity contribution < 1.29 is 18.7 Å². The van der Waals surface area contributed by atoms with Crippen LogP contribution in [0.2, 0.25) is 0 Å². The third-order valence-electron chi connectivity index (χ3n) is 4.52. The zero-order valence-electron chi connectivity index (χ0n) is 15.3. The van der Waals surface area contributed by atoms with Crippen molar-refractivity contribution in [2.45, 2.75) is 32.3 Å². The van der Waals surface area contributed by atoms with E-state index in [-0.39, 0.29) is 18.1 Å². The number of ether oxygens (including phenoxy) is 2. The maximum absolute atomic E-state index is 13.2. The monoisotopic (exact) mass is 375 g/mol. The molecule has 8 heteroatoms. The number of carbonyl (C=O) groups is 1. The van der Waals surface area contributed by atoms with Crippen LogP contribution < -0.4 is 5.56 Å². The average Bonchev–Trinajstić information content (AvgIpc) is 3.28. The van der Waals surface area contributed by atoms with Crippen molar-refractivity contribution >= 4 is 11.7 Å². The molecular formula is C19H22FN3O4. The maximum Gasteiger partial charge on any atom is 0.311 e. The Balaban J connectivity index is 1.98. The summed E-state index contributed by atoms with van der Waals surface area (Å²) in [5, 5.41) is 2.93. The number of nitrogens with one attached hydrogen (secondary N) is 1. The summed E-state index contributed by atoms with van der Waals surface area (Å²) in [7, 11) is 1.29. The Morgan fingerprint density at radius 2 is 2.15 bits per heavy atom. The number of carbonyl (C=O) groups excluding carboxylic acids is 1.